The smallest absolute Gasteiger partial charge is 0.240 e. The van der Waals surface area contributed by atoms with Crippen LogP contribution >= 0.6 is 0 Å². The summed E-state index contributed by atoms with van der Waals surface area (Å²) in [6, 6.07) is 9.76. The van der Waals surface area contributed by atoms with Crippen LogP contribution in [0.4, 0.5) is 0 Å². The van der Waals surface area contributed by atoms with Gasteiger partial charge in [0.05, 0.1) is 17.6 Å². The zero-order chi connectivity index (χ0) is 11.4. The predicted molar refractivity (Wildman–Crippen MR) is 57.0 cm³/mol. The molecule has 0 aliphatic heterocycles. The van der Waals surface area contributed by atoms with Crippen molar-refractivity contribution in [3.63, 3.8) is 0 Å². The molecule has 0 amide bonds. The average molecular weight is 238 g/mol. The number of hydrogen-bond acceptors (Lipinski definition) is 4. The lowest BCUT2D eigenvalue weighted by atomic mass is 10.4. The largest absolute Gasteiger partial charge is 0.360 e. The highest BCUT2D eigenvalue weighted by Crippen LogP contribution is 2.08. The van der Waals surface area contributed by atoms with E-state index in [0.717, 1.165) is 0 Å². The molecule has 0 aliphatic rings. The standard InChI is InChI=1S/C10H10N2O3S/c13-16(14,10-4-2-1-3-5-10)12-8-9-6-7-11-15-9/h1-7,12H,8H2. The molecule has 0 spiro atoms. The summed E-state index contributed by atoms with van der Waals surface area (Å²) in [6.45, 7) is 0.0945. The molecule has 1 aromatic carbocycles. The topological polar surface area (TPSA) is 72.2 Å². The Balaban J connectivity index is 2.10. The number of benzene rings is 1. The second kappa shape index (κ2) is 4.46. The number of sulfonamides is 1. The van der Waals surface area contributed by atoms with Crippen LogP contribution < -0.4 is 4.72 Å². The Morgan fingerprint density at radius 2 is 1.94 bits per heavy atom. The van der Waals surface area contributed by atoms with Gasteiger partial charge in [-0.1, -0.05) is 23.4 Å². The average Bonchev–Trinajstić information content (AvgIpc) is 2.81. The van der Waals surface area contributed by atoms with Gasteiger partial charge in [0.2, 0.25) is 10.0 Å². The van der Waals surface area contributed by atoms with Gasteiger partial charge in [-0.25, -0.2) is 13.1 Å². The van der Waals surface area contributed by atoms with Gasteiger partial charge in [0.25, 0.3) is 0 Å². The summed E-state index contributed by atoms with van der Waals surface area (Å²) in [4.78, 5) is 0.231. The molecule has 2 rings (SSSR count). The van der Waals surface area contributed by atoms with Gasteiger partial charge in [0, 0.05) is 6.07 Å². The van der Waals surface area contributed by atoms with Crippen LogP contribution in [0.3, 0.4) is 0 Å². The molecule has 1 aromatic heterocycles. The molecule has 5 nitrogen and oxygen atoms in total. The fourth-order valence-electron chi connectivity index (χ4n) is 1.18. The number of rotatable bonds is 4. The molecule has 1 N–H and O–H groups in total. The van der Waals surface area contributed by atoms with Crippen molar-refractivity contribution in [2.75, 3.05) is 0 Å². The van der Waals surface area contributed by atoms with E-state index in [1.807, 2.05) is 0 Å². The van der Waals surface area contributed by atoms with Crippen LogP contribution in [-0.2, 0) is 16.6 Å². The van der Waals surface area contributed by atoms with Crippen molar-refractivity contribution in [3.8, 4) is 0 Å². The molecule has 0 saturated carbocycles. The molecule has 0 unspecified atom stereocenters. The van der Waals surface area contributed by atoms with E-state index in [1.165, 1.54) is 18.3 Å². The molecule has 84 valence electrons. The van der Waals surface area contributed by atoms with Crippen molar-refractivity contribution in [2.45, 2.75) is 11.4 Å². The van der Waals surface area contributed by atoms with Crippen molar-refractivity contribution in [1.82, 2.24) is 9.88 Å². The maximum atomic E-state index is 11.8. The quantitative estimate of drug-likeness (QED) is 0.867. The Hall–Kier alpha value is -1.66. The Morgan fingerprint density at radius 1 is 1.19 bits per heavy atom. The lowest BCUT2D eigenvalue weighted by Crippen LogP contribution is -2.22. The van der Waals surface area contributed by atoms with Crippen LogP contribution in [0.1, 0.15) is 5.76 Å². The minimum absolute atomic E-state index is 0.0945. The third-order valence-electron chi connectivity index (χ3n) is 1.98. The molecule has 0 radical (unpaired) electrons. The van der Waals surface area contributed by atoms with Gasteiger partial charge in [-0.05, 0) is 12.1 Å². The highest BCUT2D eigenvalue weighted by atomic mass is 32.2. The van der Waals surface area contributed by atoms with Gasteiger partial charge in [0.1, 0.15) is 0 Å². The van der Waals surface area contributed by atoms with E-state index in [4.69, 9.17) is 4.52 Å². The van der Waals surface area contributed by atoms with Crippen molar-refractivity contribution in [2.24, 2.45) is 0 Å². The van der Waals surface area contributed by atoms with E-state index in [1.54, 1.807) is 24.3 Å². The molecule has 16 heavy (non-hydrogen) atoms. The number of nitrogens with one attached hydrogen (secondary N) is 1. The first kappa shape index (κ1) is 10.8. The molecule has 6 heteroatoms. The lowest BCUT2D eigenvalue weighted by molar-refractivity contribution is 0.380. The van der Waals surface area contributed by atoms with Gasteiger partial charge in [-0.3, -0.25) is 0 Å². The van der Waals surface area contributed by atoms with E-state index in [9.17, 15) is 8.42 Å². The summed E-state index contributed by atoms with van der Waals surface area (Å²) >= 11 is 0. The van der Waals surface area contributed by atoms with Crippen LogP contribution in [0.25, 0.3) is 0 Å². The molecule has 0 saturated heterocycles. The van der Waals surface area contributed by atoms with Gasteiger partial charge < -0.3 is 4.52 Å². The fraction of sp³-hybridized carbons (Fsp3) is 0.100. The number of nitrogens with zero attached hydrogens (tertiary/aromatic N) is 1. The Labute approximate surface area is 93.1 Å². The molecule has 1 heterocycles. The normalized spacial score (nSPS) is 11.5. The van der Waals surface area contributed by atoms with E-state index in [0.29, 0.717) is 5.76 Å². The molecule has 0 aliphatic carbocycles. The lowest BCUT2D eigenvalue weighted by Gasteiger charge is -2.03. The van der Waals surface area contributed by atoms with Gasteiger partial charge >= 0.3 is 0 Å². The molecule has 0 atom stereocenters. The van der Waals surface area contributed by atoms with Crippen LogP contribution in [0.2, 0.25) is 0 Å². The van der Waals surface area contributed by atoms with Crippen LogP contribution in [0.15, 0.2) is 52.0 Å². The Morgan fingerprint density at radius 3 is 2.56 bits per heavy atom. The van der Waals surface area contributed by atoms with Crippen molar-refractivity contribution < 1.29 is 12.9 Å². The number of hydrogen-bond donors (Lipinski definition) is 1. The minimum atomic E-state index is -3.47. The summed E-state index contributed by atoms with van der Waals surface area (Å²) in [5, 5.41) is 3.49. The van der Waals surface area contributed by atoms with E-state index >= 15 is 0 Å². The van der Waals surface area contributed by atoms with Gasteiger partial charge in [-0.15, -0.1) is 0 Å². The zero-order valence-corrected chi connectivity index (χ0v) is 9.15. The SMILES string of the molecule is O=S(=O)(NCc1ccno1)c1ccccc1. The summed E-state index contributed by atoms with van der Waals surface area (Å²) in [7, 11) is -3.47. The first-order chi connectivity index (χ1) is 7.68. The second-order valence-electron chi connectivity index (χ2n) is 3.12. The molecular formula is C10H10N2O3S. The van der Waals surface area contributed by atoms with Gasteiger partial charge in [-0.2, -0.15) is 0 Å². The fourth-order valence-corrected chi connectivity index (χ4v) is 2.20. The minimum Gasteiger partial charge on any atom is -0.360 e. The zero-order valence-electron chi connectivity index (χ0n) is 8.33. The second-order valence-corrected chi connectivity index (χ2v) is 4.88. The first-order valence-corrected chi connectivity index (χ1v) is 6.11. The van der Waals surface area contributed by atoms with Crippen LogP contribution in [0.5, 0.6) is 0 Å². The van der Waals surface area contributed by atoms with Crippen molar-refractivity contribution in [1.29, 1.82) is 0 Å². The van der Waals surface area contributed by atoms with Crippen LogP contribution in [0, 0.1) is 0 Å². The van der Waals surface area contributed by atoms with Gasteiger partial charge in [0.15, 0.2) is 5.76 Å². The Kier molecular flexibility index (Phi) is 3.02. The third-order valence-corrected chi connectivity index (χ3v) is 3.40. The number of aromatic nitrogens is 1. The van der Waals surface area contributed by atoms with Crippen molar-refractivity contribution >= 4 is 10.0 Å². The highest BCUT2D eigenvalue weighted by molar-refractivity contribution is 7.89. The molecular weight excluding hydrogens is 228 g/mol. The molecule has 0 fully saturated rings. The van der Waals surface area contributed by atoms with E-state index in [-0.39, 0.29) is 11.4 Å². The molecule has 0 bridgehead atoms. The summed E-state index contributed by atoms with van der Waals surface area (Å²) < 4.78 is 30.7. The maximum absolute atomic E-state index is 11.8. The van der Waals surface area contributed by atoms with Crippen molar-refractivity contribution in [3.05, 3.63) is 48.4 Å². The summed E-state index contributed by atoms with van der Waals surface area (Å²) in [5.41, 5.74) is 0. The highest BCUT2D eigenvalue weighted by Gasteiger charge is 2.13. The Bertz CT molecular complexity index is 535. The van der Waals surface area contributed by atoms with E-state index < -0.39 is 10.0 Å². The summed E-state index contributed by atoms with van der Waals surface area (Å²) in [5.74, 6) is 0.472. The monoisotopic (exact) mass is 238 g/mol. The predicted octanol–water partition coefficient (Wildman–Crippen LogP) is 1.15. The summed E-state index contributed by atoms with van der Waals surface area (Å²) in [6.07, 6.45) is 1.46. The molecule has 2 aromatic rings. The first-order valence-electron chi connectivity index (χ1n) is 4.63. The maximum Gasteiger partial charge on any atom is 0.240 e. The van der Waals surface area contributed by atoms with E-state index in [2.05, 4.69) is 9.88 Å². The van der Waals surface area contributed by atoms with Crippen LogP contribution in [-0.4, -0.2) is 13.6 Å². The third kappa shape index (κ3) is 2.47.